The van der Waals surface area contributed by atoms with Crippen LogP contribution < -0.4 is 11.2 Å². The lowest BCUT2D eigenvalue weighted by atomic mass is 9.97. The fraction of sp³-hybridized carbons (Fsp3) is 0.312. The molecule has 2 aromatic rings. The summed E-state index contributed by atoms with van der Waals surface area (Å²) in [6.07, 6.45) is -11.9. The van der Waals surface area contributed by atoms with E-state index in [4.69, 9.17) is 16.7 Å². The van der Waals surface area contributed by atoms with Crippen molar-refractivity contribution in [2.45, 2.75) is 23.6 Å². The molecule has 0 bridgehead atoms. The van der Waals surface area contributed by atoms with E-state index in [9.17, 15) is 45.1 Å². The minimum Gasteiger partial charge on any atom is -0.480 e. The summed E-state index contributed by atoms with van der Waals surface area (Å²) in [6.45, 7) is 0. The Hall–Kier alpha value is -2.83. The molecule has 30 heavy (non-hydrogen) atoms. The van der Waals surface area contributed by atoms with Gasteiger partial charge in [0.2, 0.25) is 4.87 Å². The molecule has 1 atom stereocenters. The molecule has 0 spiro atoms. The van der Waals surface area contributed by atoms with Crippen LogP contribution >= 0.6 is 11.6 Å². The molecule has 0 fully saturated rings. The minimum atomic E-state index is -5.41. The van der Waals surface area contributed by atoms with Crippen LogP contribution in [0.5, 0.6) is 0 Å². The molecule has 6 nitrogen and oxygen atoms in total. The van der Waals surface area contributed by atoms with Crippen molar-refractivity contribution in [2.75, 3.05) is 0 Å². The Kier molecular flexibility index (Phi) is 5.82. The van der Waals surface area contributed by atoms with Crippen LogP contribution in [0.15, 0.2) is 33.9 Å². The van der Waals surface area contributed by atoms with E-state index in [2.05, 4.69) is 0 Å². The SMILES string of the molecule is Cn1c(C(F)(F)F)cc(=O)n(-c2ccc(CC(Cl)(C(=O)O)C(F)(F)F)cc2F)c1=O. The number of alkyl halides is 7. The van der Waals surface area contributed by atoms with Gasteiger partial charge in [-0.25, -0.2) is 18.5 Å². The van der Waals surface area contributed by atoms with Crippen LogP contribution in [0.4, 0.5) is 30.7 Å². The third kappa shape index (κ3) is 4.06. The molecule has 0 aliphatic rings. The van der Waals surface area contributed by atoms with Gasteiger partial charge in [-0.2, -0.15) is 26.3 Å². The topological polar surface area (TPSA) is 81.3 Å². The van der Waals surface area contributed by atoms with Gasteiger partial charge in [-0.15, -0.1) is 0 Å². The maximum Gasteiger partial charge on any atom is 0.431 e. The maximum atomic E-state index is 14.4. The Bertz CT molecular complexity index is 1120. The van der Waals surface area contributed by atoms with Gasteiger partial charge < -0.3 is 5.11 Å². The Labute approximate surface area is 166 Å². The van der Waals surface area contributed by atoms with Crippen LogP contribution in [-0.4, -0.2) is 31.3 Å². The lowest BCUT2D eigenvalue weighted by Crippen LogP contribution is -2.48. The molecule has 1 aromatic heterocycles. The number of aliphatic carboxylic acids is 1. The molecule has 0 aliphatic heterocycles. The van der Waals surface area contributed by atoms with Crippen LogP contribution in [0.2, 0.25) is 0 Å². The van der Waals surface area contributed by atoms with Crippen LogP contribution in [0.3, 0.4) is 0 Å². The second kappa shape index (κ2) is 7.45. The highest BCUT2D eigenvalue weighted by Gasteiger charge is 2.59. The number of benzene rings is 1. The fourth-order valence-corrected chi connectivity index (χ4v) is 2.69. The first-order chi connectivity index (χ1) is 13.5. The maximum absolute atomic E-state index is 14.4. The summed E-state index contributed by atoms with van der Waals surface area (Å²) in [6, 6.07) is 1.85. The summed E-state index contributed by atoms with van der Waals surface area (Å²) in [5.74, 6) is -3.90. The van der Waals surface area contributed by atoms with Crippen molar-refractivity contribution in [1.29, 1.82) is 0 Å². The number of rotatable bonds is 4. The Morgan fingerprint density at radius 2 is 1.67 bits per heavy atom. The third-order valence-electron chi connectivity index (χ3n) is 4.10. The molecule has 14 heteroatoms. The molecule has 1 N–H and O–H groups in total. The largest absolute Gasteiger partial charge is 0.480 e. The summed E-state index contributed by atoms with van der Waals surface area (Å²) in [5, 5.41) is 8.80. The van der Waals surface area contributed by atoms with Gasteiger partial charge in [0, 0.05) is 19.5 Å². The Morgan fingerprint density at radius 3 is 2.10 bits per heavy atom. The summed E-state index contributed by atoms with van der Waals surface area (Å²) in [5.41, 5.74) is -6.09. The predicted molar refractivity (Wildman–Crippen MR) is 88.2 cm³/mol. The molecular formula is C16H10ClF7N2O4. The first-order valence-corrected chi connectivity index (χ1v) is 8.06. The molecule has 0 radical (unpaired) electrons. The second-order valence-corrected chi connectivity index (χ2v) is 6.75. The number of carboxylic acids is 1. The number of nitrogens with zero attached hydrogens (tertiary/aromatic N) is 2. The zero-order valence-electron chi connectivity index (χ0n) is 14.6. The van der Waals surface area contributed by atoms with Gasteiger partial charge in [-0.1, -0.05) is 17.7 Å². The molecule has 0 aliphatic carbocycles. The average Bonchev–Trinajstić information content (AvgIpc) is 2.57. The zero-order chi connectivity index (χ0) is 23.2. The smallest absolute Gasteiger partial charge is 0.431 e. The standard InChI is InChI=1S/C16H10ClF7N2O4/c1-25-10(15(19,20)21)5-11(27)26(13(25)30)9-3-2-7(4-8(9)18)6-14(17,12(28)29)16(22,23)24/h2-5H,6H2,1H3,(H,28,29). The first-order valence-electron chi connectivity index (χ1n) is 7.69. The van der Waals surface area contributed by atoms with Gasteiger partial charge in [0.25, 0.3) is 5.56 Å². The van der Waals surface area contributed by atoms with E-state index < -0.39 is 63.6 Å². The van der Waals surface area contributed by atoms with Gasteiger partial charge in [0.05, 0.1) is 5.69 Å². The van der Waals surface area contributed by atoms with Crippen molar-refractivity contribution in [3.8, 4) is 5.69 Å². The third-order valence-corrected chi connectivity index (χ3v) is 4.61. The van der Waals surface area contributed by atoms with Gasteiger partial charge in [0.1, 0.15) is 11.5 Å². The molecule has 1 unspecified atom stereocenters. The fourth-order valence-electron chi connectivity index (χ4n) is 2.54. The van der Waals surface area contributed by atoms with Gasteiger partial charge in [-0.3, -0.25) is 9.36 Å². The van der Waals surface area contributed by atoms with Crippen LogP contribution in [0, 0.1) is 5.82 Å². The molecule has 164 valence electrons. The van der Waals surface area contributed by atoms with E-state index >= 15 is 0 Å². The molecule has 0 saturated heterocycles. The Balaban J connectivity index is 2.59. The van der Waals surface area contributed by atoms with Crippen molar-refractivity contribution in [2.24, 2.45) is 7.05 Å². The molecule has 0 saturated carbocycles. The van der Waals surface area contributed by atoms with E-state index in [1.54, 1.807) is 0 Å². The number of hydrogen-bond acceptors (Lipinski definition) is 3. The number of carboxylic acid groups (broad SMARTS) is 1. The number of halogens is 8. The van der Waals surface area contributed by atoms with Gasteiger partial charge in [-0.05, 0) is 17.7 Å². The number of aromatic nitrogens is 2. The van der Waals surface area contributed by atoms with Crippen molar-refractivity contribution in [1.82, 2.24) is 9.13 Å². The normalized spacial score (nSPS) is 14.4. The second-order valence-electron chi connectivity index (χ2n) is 6.11. The summed E-state index contributed by atoms with van der Waals surface area (Å²) in [4.78, 5) is 31.3. The van der Waals surface area contributed by atoms with Crippen LogP contribution in [0.25, 0.3) is 5.69 Å². The summed E-state index contributed by atoms with van der Waals surface area (Å²) < 4.78 is 92.1. The predicted octanol–water partition coefficient (Wildman–Crippen LogP) is 2.86. The quantitative estimate of drug-likeness (QED) is 0.560. The van der Waals surface area contributed by atoms with E-state index in [1.165, 1.54) is 0 Å². The van der Waals surface area contributed by atoms with Crippen molar-refractivity contribution < 1.29 is 40.6 Å². The van der Waals surface area contributed by atoms with Crippen LogP contribution in [-0.2, 0) is 24.4 Å². The molecular weight excluding hydrogens is 453 g/mol. The average molecular weight is 463 g/mol. The van der Waals surface area contributed by atoms with Crippen LogP contribution in [0.1, 0.15) is 11.3 Å². The Morgan fingerprint density at radius 1 is 1.10 bits per heavy atom. The summed E-state index contributed by atoms with van der Waals surface area (Å²) in [7, 11) is 0.686. The monoisotopic (exact) mass is 462 g/mol. The highest BCUT2D eigenvalue weighted by Crippen LogP contribution is 2.39. The minimum absolute atomic E-state index is 0.0449. The van der Waals surface area contributed by atoms with E-state index in [0.29, 0.717) is 19.2 Å². The van der Waals surface area contributed by atoms with Crippen molar-refractivity contribution >= 4 is 17.6 Å². The molecule has 1 heterocycles. The van der Waals surface area contributed by atoms with E-state index in [1.807, 2.05) is 0 Å². The highest BCUT2D eigenvalue weighted by molar-refractivity contribution is 6.34. The van der Waals surface area contributed by atoms with Crippen molar-refractivity contribution in [3.05, 3.63) is 62.2 Å². The van der Waals surface area contributed by atoms with E-state index in [0.717, 1.165) is 6.07 Å². The molecule has 2 rings (SSSR count). The van der Waals surface area contributed by atoms with Gasteiger partial charge >= 0.3 is 24.0 Å². The first kappa shape index (κ1) is 23.4. The number of carbonyl (C=O) groups is 1. The van der Waals surface area contributed by atoms with Gasteiger partial charge in [0.15, 0.2) is 0 Å². The summed E-state index contributed by atoms with van der Waals surface area (Å²) >= 11 is 5.16. The molecule has 0 amide bonds. The lowest BCUT2D eigenvalue weighted by molar-refractivity contribution is -0.184. The number of hydrogen-bond donors (Lipinski definition) is 1. The zero-order valence-corrected chi connectivity index (χ0v) is 15.4. The van der Waals surface area contributed by atoms with E-state index in [-0.39, 0.29) is 15.2 Å². The molecule has 1 aromatic carbocycles. The lowest BCUT2D eigenvalue weighted by Gasteiger charge is -2.25. The highest BCUT2D eigenvalue weighted by atomic mass is 35.5. The van der Waals surface area contributed by atoms with Crippen molar-refractivity contribution in [3.63, 3.8) is 0 Å².